The molecule has 19 heavy (non-hydrogen) atoms. The summed E-state index contributed by atoms with van der Waals surface area (Å²) in [4.78, 5) is 12.2. The summed E-state index contributed by atoms with van der Waals surface area (Å²) in [6, 6.07) is 8.45. The number of amides is 1. The highest BCUT2D eigenvalue weighted by Gasteiger charge is 2.15. The predicted molar refractivity (Wildman–Crippen MR) is 78.6 cm³/mol. The van der Waals surface area contributed by atoms with E-state index < -0.39 is 0 Å². The normalized spacial score (nSPS) is 10.7. The zero-order valence-corrected chi connectivity index (χ0v) is 12.3. The van der Waals surface area contributed by atoms with Crippen LogP contribution in [0, 0.1) is 0 Å². The van der Waals surface area contributed by atoms with Crippen molar-refractivity contribution < 1.29 is 9.90 Å². The van der Waals surface area contributed by atoms with Crippen molar-refractivity contribution in [1.29, 1.82) is 0 Å². The summed E-state index contributed by atoms with van der Waals surface area (Å²) in [5.74, 6) is -0.0803. The summed E-state index contributed by atoms with van der Waals surface area (Å²) in [6.07, 6.45) is 1.88. The number of phenols is 1. The van der Waals surface area contributed by atoms with Crippen molar-refractivity contribution in [2.45, 2.75) is 19.9 Å². The minimum Gasteiger partial charge on any atom is -0.508 e. The molecule has 0 saturated carbocycles. The molecule has 0 aliphatic heterocycles. The first-order valence-electron chi connectivity index (χ1n) is 5.95. The number of hydrogen-bond acceptors (Lipinski definition) is 2. The second-order valence-corrected chi connectivity index (χ2v) is 5.46. The second kappa shape index (κ2) is 5.48. The van der Waals surface area contributed by atoms with Crippen LogP contribution in [0.3, 0.4) is 0 Å². The number of aromatic hydroxyl groups is 1. The number of anilines is 1. The van der Waals surface area contributed by atoms with Gasteiger partial charge in [-0.05, 0) is 48.0 Å². The van der Waals surface area contributed by atoms with Crippen molar-refractivity contribution in [2.24, 2.45) is 0 Å². The molecule has 1 amide bonds. The van der Waals surface area contributed by atoms with Crippen LogP contribution in [-0.4, -0.2) is 15.6 Å². The minimum absolute atomic E-state index is 0.123. The van der Waals surface area contributed by atoms with E-state index in [9.17, 15) is 9.90 Å². The van der Waals surface area contributed by atoms with Crippen molar-refractivity contribution in [3.8, 4) is 5.75 Å². The Morgan fingerprint density at radius 1 is 1.37 bits per heavy atom. The molecule has 0 saturated heterocycles. The highest BCUT2D eigenvalue weighted by Crippen LogP contribution is 2.21. The molecule has 0 spiro atoms. The Kier molecular flexibility index (Phi) is 3.95. The third-order valence-electron chi connectivity index (χ3n) is 2.71. The van der Waals surface area contributed by atoms with Crippen molar-refractivity contribution in [2.75, 3.05) is 5.32 Å². The second-order valence-electron chi connectivity index (χ2n) is 4.55. The van der Waals surface area contributed by atoms with Gasteiger partial charge in [0, 0.05) is 28.5 Å². The topological polar surface area (TPSA) is 54.3 Å². The summed E-state index contributed by atoms with van der Waals surface area (Å²) in [5, 5.41) is 12.1. The van der Waals surface area contributed by atoms with Gasteiger partial charge in [-0.3, -0.25) is 4.79 Å². The van der Waals surface area contributed by atoms with E-state index in [4.69, 9.17) is 0 Å². The average Bonchev–Trinajstić information content (AvgIpc) is 2.71. The van der Waals surface area contributed by atoms with Crippen LogP contribution in [0.1, 0.15) is 30.4 Å². The Morgan fingerprint density at radius 2 is 2.11 bits per heavy atom. The molecule has 1 aromatic carbocycles. The fourth-order valence-corrected chi connectivity index (χ4v) is 2.27. The van der Waals surface area contributed by atoms with Gasteiger partial charge in [-0.2, -0.15) is 0 Å². The summed E-state index contributed by atoms with van der Waals surface area (Å²) >= 11 is 3.38. The SMILES string of the molecule is CC(C)n1cc(Br)cc1C(=O)Nc1cccc(O)c1. The Bertz CT molecular complexity index is 605. The van der Waals surface area contributed by atoms with Gasteiger partial charge in [0.15, 0.2) is 0 Å². The number of nitrogens with one attached hydrogen (secondary N) is 1. The molecular formula is C14H15BrN2O2. The van der Waals surface area contributed by atoms with Crippen LogP contribution >= 0.6 is 15.9 Å². The van der Waals surface area contributed by atoms with Gasteiger partial charge < -0.3 is 15.0 Å². The number of carbonyl (C=O) groups excluding carboxylic acids is 1. The lowest BCUT2D eigenvalue weighted by Gasteiger charge is -2.12. The molecule has 100 valence electrons. The highest BCUT2D eigenvalue weighted by atomic mass is 79.9. The van der Waals surface area contributed by atoms with Crippen LogP contribution < -0.4 is 5.32 Å². The molecule has 1 heterocycles. The lowest BCUT2D eigenvalue weighted by Crippen LogP contribution is -2.17. The van der Waals surface area contributed by atoms with E-state index in [0.717, 1.165) is 4.47 Å². The molecule has 0 fully saturated rings. The number of hydrogen-bond donors (Lipinski definition) is 2. The monoisotopic (exact) mass is 322 g/mol. The van der Waals surface area contributed by atoms with Gasteiger partial charge >= 0.3 is 0 Å². The average molecular weight is 323 g/mol. The van der Waals surface area contributed by atoms with E-state index in [-0.39, 0.29) is 17.7 Å². The van der Waals surface area contributed by atoms with Gasteiger partial charge in [0.05, 0.1) is 0 Å². The molecular weight excluding hydrogens is 308 g/mol. The quantitative estimate of drug-likeness (QED) is 0.903. The molecule has 2 rings (SSSR count). The molecule has 0 aliphatic rings. The Hall–Kier alpha value is -1.75. The van der Waals surface area contributed by atoms with Gasteiger partial charge in [-0.25, -0.2) is 0 Å². The fraction of sp³-hybridized carbons (Fsp3) is 0.214. The van der Waals surface area contributed by atoms with E-state index in [0.29, 0.717) is 11.4 Å². The Balaban J connectivity index is 2.25. The first-order valence-corrected chi connectivity index (χ1v) is 6.74. The van der Waals surface area contributed by atoms with Crippen LogP contribution in [-0.2, 0) is 0 Å². The van der Waals surface area contributed by atoms with Crippen LogP contribution in [0.15, 0.2) is 41.0 Å². The summed E-state index contributed by atoms with van der Waals surface area (Å²) < 4.78 is 2.75. The van der Waals surface area contributed by atoms with Crippen LogP contribution in [0.25, 0.3) is 0 Å². The Labute approximate surface area is 120 Å². The van der Waals surface area contributed by atoms with Gasteiger partial charge in [-0.1, -0.05) is 6.07 Å². The first-order chi connectivity index (χ1) is 8.97. The van der Waals surface area contributed by atoms with Crippen molar-refractivity contribution in [3.05, 3.63) is 46.7 Å². The van der Waals surface area contributed by atoms with Crippen molar-refractivity contribution in [1.82, 2.24) is 4.57 Å². The molecule has 2 N–H and O–H groups in total. The number of benzene rings is 1. The van der Waals surface area contributed by atoms with E-state index in [1.807, 2.05) is 24.6 Å². The van der Waals surface area contributed by atoms with Crippen LogP contribution in [0.5, 0.6) is 5.75 Å². The summed E-state index contributed by atoms with van der Waals surface area (Å²) in [6.45, 7) is 4.02. The summed E-state index contributed by atoms with van der Waals surface area (Å²) in [7, 11) is 0. The lowest BCUT2D eigenvalue weighted by atomic mass is 10.3. The number of carbonyl (C=O) groups is 1. The number of rotatable bonds is 3. The molecule has 0 atom stereocenters. The molecule has 0 aliphatic carbocycles. The van der Waals surface area contributed by atoms with E-state index in [2.05, 4.69) is 21.2 Å². The van der Waals surface area contributed by atoms with E-state index in [1.54, 1.807) is 24.3 Å². The standard InChI is InChI=1S/C14H15BrN2O2/c1-9(2)17-8-10(15)6-13(17)14(19)16-11-4-3-5-12(18)7-11/h3-9,18H,1-2H3,(H,16,19). The minimum atomic E-state index is -0.204. The van der Waals surface area contributed by atoms with Crippen molar-refractivity contribution >= 4 is 27.5 Å². The maximum Gasteiger partial charge on any atom is 0.272 e. The first kappa shape index (κ1) is 13.7. The van der Waals surface area contributed by atoms with Gasteiger partial charge in [-0.15, -0.1) is 0 Å². The maximum absolute atomic E-state index is 12.2. The third kappa shape index (κ3) is 3.17. The van der Waals surface area contributed by atoms with E-state index >= 15 is 0 Å². The summed E-state index contributed by atoms with van der Waals surface area (Å²) in [5.41, 5.74) is 1.14. The van der Waals surface area contributed by atoms with Gasteiger partial charge in [0.25, 0.3) is 5.91 Å². The number of nitrogens with zero attached hydrogens (tertiary/aromatic N) is 1. The Morgan fingerprint density at radius 3 is 2.74 bits per heavy atom. The van der Waals surface area contributed by atoms with E-state index in [1.165, 1.54) is 6.07 Å². The molecule has 0 bridgehead atoms. The third-order valence-corrected chi connectivity index (χ3v) is 3.14. The van der Waals surface area contributed by atoms with Crippen LogP contribution in [0.2, 0.25) is 0 Å². The van der Waals surface area contributed by atoms with Crippen LogP contribution in [0.4, 0.5) is 5.69 Å². The fourth-order valence-electron chi connectivity index (χ4n) is 1.83. The molecule has 1 aromatic heterocycles. The number of halogens is 1. The van der Waals surface area contributed by atoms with Crippen molar-refractivity contribution in [3.63, 3.8) is 0 Å². The number of phenolic OH excluding ortho intramolecular Hbond substituents is 1. The van der Waals surface area contributed by atoms with Gasteiger partial charge in [0.2, 0.25) is 0 Å². The molecule has 2 aromatic rings. The largest absolute Gasteiger partial charge is 0.508 e. The lowest BCUT2D eigenvalue weighted by molar-refractivity contribution is 0.101. The highest BCUT2D eigenvalue weighted by molar-refractivity contribution is 9.10. The molecule has 5 heteroatoms. The smallest absolute Gasteiger partial charge is 0.272 e. The number of aromatic nitrogens is 1. The molecule has 0 unspecified atom stereocenters. The predicted octanol–water partition coefficient (Wildman–Crippen LogP) is 3.79. The zero-order valence-electron chi connectivity index (χ0n) is 10.7. The molecule has 0 radical (unpaired) electrons. The molecule has 4 nitrogen and oxygen atoms in total. The van der Waals surface area contributed by atoms with Gasteiger partial charge in [0.1, 0.15) is 11.4 Å². The maximum atomic E-state index is 12.2. The zero-order chi connectivity index (χ0) is 14.0.